The van der Waals surface area contributed by atoms with Crippen LogP contribution in [-0.2, 0) is 7.05 Å². The average molecular weight is 314 g/mol. The Morgan fingerprint density at radius 3 is 2.61 bits per heavy atom. The van der Waals surface area contributed by atoms with Crippen LogP contribution in [0.1, 0.15) is 34.8 Å². The molecule has 3 heterocycles. The fraction of sp³-hybridized carbons (Fsp3) is 0.500. The maximum atomic E-state index is 12.1. The number of aromatic nitrogens is 4. The maximum Gasteiger partial charge on any atom is 0.271 e. The molecule has 7 heteroatoms. The molecule has 23 heavy (non-hydrogen) atoms. The van der Waals surface area contributed by atoms with E-state index in [0.29, 0.717) is 5.69 Å². The summed E-state index contributed by atoms with van der Waals surface area (Å²) in [5.74, 6) is 1.67. The number of hydrogen-bond acceptors (Lipinski definition) is 5. The molecule has 0 bridgehead atoms. The van der Waals surface area contributed by atoms with Crippen LogP contribution >= 0.6 is 0 Å². The second-order valence-electron chi connectivity index (χ2n) is 6.02. The van der Waals surface area contributed by atoms with Crippen molar-refractivity contribution in [3.05, 3.63) is 35.5 Å². The molecule has 2 aromatic rings. The number of hydrogen-bond donors (Lipinski definition) is 1. The van der Waals surface area contributed by atoms with Crippen molar-refractivity contribution in [2.75, 3.05) is 18.0 Å². The van der Waals surface area contributed by atoms with Gasteiger partial charge in [-0.1, -0.05) is 0 Å². The first-order valence-electron chi connectivity index (χ1n) is 7.89. The summed E-state index contributed by atoms with van der Waals surface area (Å²) in [5.41, 5.74) is 1.45. The van der Waals surface area contributed by atoms with Crippen LogP contribution in [0.15, 0.2) is 18.3 Å². The molecule has 3 rings (SSSR count). The molecule has 1 saturated heterocycles. The topological polar surface area (TPSA) is 75.9 Å². The van der Waals surface area contributed by atoms with E-state index in [1.807, 2.05) is 19.9 Å². The summed E-state index contributed by atoms with van der Waals surface area (Å²) in [5, 5.41) is 7.20. The molecule has 0 radical (unpaired) electrons. The van der Waals surface area contributed by atoms with Crippen LogP contribution < -0.4 is 10.2 Å². The SMILES string of the molecule is Cc1cc(N2CCC(NC(=O)c3ccn(C)n3)CC2)nc(C)n1. The lowest BCUT2D eigenvalue weighted by molar-refractivity contribution is 0.0925. The summed E-state index contributed by atoms with van der Waals surface area (Å²) in [6, 6.07) is 3.93. The number of nitrogens with one attached hydrogen (secondary N) is 1. The van der Waals surface area contributed by atoms with Crippen molar-refractivity contribution in [3.63, 3.8) is 0 Å². The van der Waals surface area contributed by atoms with Crippen LogP contribution in [0.5, 0.6) is 0 Å². The lowest BCUT2D eigenvalue weighted by Gasteiger charge is -2.33. The molecule has 1 amide bonds. The highest BCUT2D eigenvalue weighted by molar-refractivity contribution is 5.92. The van der Waals surface area contributed by atoms with Crippen LogP contribution in [0.2, 0.25) is 0 Å². The van der Waals surface area contributed by atoms with Crippen molar-refractivity contribution >= 4 is 11.7 Å². The van der Waals surface area contributed by atoms with E-state index >= 15 is 0 Å². The number of carbonyl (C=O) groups is 1. The van der Waals surface area contributed by atoms with E-state index in [-0.39, 0.29) is 11.9 Å². The zero-order valence-electron chi connectivity index (χ0n) is 13.8. The Balaban J connectivity index is 1.57. The summed E-state index contributed by atoms with van der Waals surface area (Å²) >= 11 is 0. The minimum Gasteiger partial charge on any atom is -0.356 e. The average Bonchev–Trinajstić information content (AvgIpc) is 2.94. The zero-order chi connectivity index (χ0) is 16.4. The van der Waals surface area contributed by atoms with Crippen LogP contribution in [0, 0.1) is 13.8 Å². The van der Waals surface area contributed by atoms with Gasteiger partial charge in [0.2, 0.25) is 0 Å². The minimum atomic E-state index is -0.0993. The quantitative estimate of drug-likeness (QED) is 0.922. The van der Waals surface area contributed by atoms with Gasteiger partial charge in [-0.25, -0.2) is 9.97 Å². The molecule has 0 aromatic carbocycles. The van der Waals surface area contributed by atoms with Crippen molar-refractivity contribution in [1.29, 1.82) is 0 Å². The number of carbonyl (C=O) groups excluding carboxylic acids is 1. The predicted octanol–water partition coefficient (Wildman–Crippen LogP) is 1.23. The molecular weight excluding hydrogens is 292 g/mol. The number of amides is 1. The van der Waals surface area contributed by atoms with Crippen molar-refractivity contribution in [1.82, 2.24) is 25.1 Å². The third-order valence-corrected chi connectivity index (χ3v) is 4.05. The van der Waals surface area contributed by atoms with Crippen molar-refractivity contribution in [2.45, 2.75) is 32.7 Å². The fourth-order valence-electron chi connectivity index (χ4n) is 2.91. The summed E-state index contributed by atoms with van der Waals surface area (Å²) < 4.78 is 1.64. The van der Waals surface area contributed by atoms with Gasteiger partial charge < -0.3 is 10.2 Å². The van der Waals surface area contributed by atoms with Gasteiger partial charge in [-0.15, -0.1) is 0 Å². The van der Waals surface area contributed by atoms with Gasteiger partial charge >= 0.3 is 0 Å². The zero-order valence-corrected chi connectivity index (χ0v) is 13.8. The Kier molecular flexibility index (Phi) is 4.27. The van der Waals surface area contributed by atoms with Gasteiger partial charge in [-0.3, -0.25) is 9.48 Å². The van der Waals surface area contributed by atoms with Gasteiger partial charge in [0.25, 0.3) is 5.91 Å². The maximum absolute atomic E-state index is 12.1. The molecule has 0 aliphatic carbocycles. The molecule has 2 aromatic heterocycles. The highest BCUT2D eigenvalue weighted by Gasteiger charge is 2.23. The molecule has 0 unspecified atom stereocenters. The van der Waals surface area contributed by atoms with Crippen LogP contribution in [0.3, 0.4) is 0 Å². The summed E-state index contributed by atoms with van der Waals surface area (Å²) in [4.78, 5) is 23.2. The molecule has 0 atom stereocenters. The number of piperidine rings is 1. The first-order chi connectivity index (χ1) is 11.0. The number of anilines is 1. The Bertz CT molecular complexity index is 682. The highest BCUT2D eigenvalue weighted by Crippen LogP contribution is 2.19. The Hall–Kier alpha value is -2.44. The molecule has 122 valence electrons. The normalized spacial score (nSPS) is 15.7. The van der Waals surface area contributed by atoms with Crippen molar-refractivity contribution in [2.24, 2.45) is 7.05 Å². The molecule has 0 spiro atoms. The standard InChI is InChI=1S/C16H22N6O/c1-11-10-15(18-12(2)17-11)22-8-4-13(5-9-22)19-16(23)14-6-7-21(3)20-14/h6-7,10,13H,4-5,8-9H2,1-3H3,(H,19,23). The van der Waals surface area contributed by atoms with Crippen LogP contribution in [0.4, 0.5) is 5.82 Å². The Morgan fingerprint density at radius 2 is 2.00 bits per heavy atom. The fourth-order valence-corrected chi connectivity index (χ4v) is 2.91. The van der Waals surface area contributed by atoms with Crippen LogP contribution in [0.25, 0.3) is 0 Å². The van der Waals surface area contributed by atoms with E-state index in [1.54, 1.807) is 24.0 Å². The summed E-state index contributed by atoms with van der Waals surface area (Å²) in [6.45, 7) is 5.65. The third kappa shape index (κ3) is 3.67. The molecule has 1 fully saturated rings. The molecule has 1 aliphatic heterocycles. The van der Waals surface area contributed by atoms with Gasteiger partial charge in [-0.2, -0.15) is 5.10 Å². The van der Waals surface area contributed by atoms with E-state index in [2.05, 4.69) is 25.3 Å². The second-order valence-corrected chi connectivity index (χ2v) is 6.02. The number of rotatable bonds is 3. The summed E-state index contributed by atoms with van der Waals surface area (Å²) in [6.07, 6.45) is 3.58. The molecular formula is C16H22N6O. The van der Waals surface area contributed by atoms with Gasteiger partial charge in [0.15, 0.2) is 0 Å². The van der Waals surface area contributed by atoms with Gasteiger partial charge in [-0.05, 0) is 32.8 Å². The van der Waals surface area contributed by atoms with E-state index in [1.165, 1.54) is 0 Å². The van der Waals surface area contributed by atoms with Gasteiger partial charge in [0.05, 0.1) is 0 Å². The van der Waals surface area contributed by atoms with Gasteiger partial charge in [0, 0.05) is 44.1 Å². The second kappa shape index (κ2) is 6.36. The van der Waals surface area contributed by atoms with E-state index in [4.69, 9.17) is 0 Å². The van der Waals surface area contributed by atoms with Crippen LogP contribution in [-0.4, -0.2) is 44.8 Å². The highest BCUT2D eigenvalue weighted by atomic mass is 16.2. The number of nitrogens with zero attached hydrogens (tertiary/aromatic N) is 5. The van der Waals surface area contributed by atoms with E-state index < -0.39 is 0 Å². The van der Waals surface area contributed by atoms with Crippen molar-refractivity contribution in [3.8, 4) is 0 Å². The predicted molar refractivity (Wildman–Crippen MR) is 87.4 cm³/mol. The lowest BCUT2D eigenvalue weighted by atomic mass is 10.0. The molecule has 1 N–H and O–H groups in total. The third-order valence-electron chi connectivity index (χ3n) is 4.05. The van der Waals surface area contributed by atoms with Gasteiger partial charge in [0.1, 0.15) is 17.3 Å². The Labute approximate surface area is 135 Å². The first kappa shape index (κ1) is 15.5. The van der Waals surface area contributed by atoms with Crippen molar-refractivity contribution < 1.29 is 4.79 Å². The molecule has 0 saturated carbocycles. The molecule has 1 aliphatic rings. The summed E-state index contributed by atoms with van der Waals surface area (Å²) in [7, 11) is 1.81. The molecule has 7 nitrogen and oxygen atoms in total. The van der Waals surface area contributed by atoms with E-state index in [9.17, 15) is 4.79 Å². The largest absolute Gasteiger partial charge is 0.356 e. The monoisotopic (exact) mass is 314 g/mol. The Morgan fingerprint density at radius 1 is 1.26 bits per heavy atom. The smallest absolute Gasteiger partial charge is 0.271 e. The first-order valence-corrected chi connectivity index (χ1v) is 7.89. The van der Waals surface area contributed by atoms with E-state index in [0.717, 1.165) is 43.3 Å². The number of aryl methyl sites for hydroxylation is 3. The lowest BCUT2D eigenvalue weighted by Crippen LogP contribution is -2.45. The minimum absolute atomic E-state index is 0.0993.